The number of hydrogen-bond donors (Lipinski definition) is 1. The summed E-state index contributed by atoms with van der Waals surface area (Å²) >= 11 is 0. The molecule has 0 fully saturated rings. The summed E-state index contributed by atoms with van der Waals surface area (Å²) in [7, 11) is 0. The zero-order valence-corrected chi connectivity index (χ0v) is 12.0. The predicted octanol–water partition coefficient (Wildman–Crippen LogP) is 3.19. The van der Waals surface area contributed by atoms with Gasteiger partial charge in [0.15, 0.2) is 0 Å². The molecule has 0 saturated heterocycles. The quantitative estimate of drug-likeness (QED) is 0.684. The van der Waals surface area contributed by atoms with Crippen molar-refractivity contribution in [3.63, 3.8) is 0 Å². The molecule has 21 heavy (non-hydrogen) atoms. The summed E-state index contributed by atoms with van der Waals surface area (Å²) in [4.78, 5) is 18.7. The van der Waals surface area contributed by atoms with Crippen molar-refractivity contribution < 1.29 is 9.66 Å². The predicted molar refractivity (Wildman–Crippen MR) is 78.4 cm³/mol. The van der Waals surface area contributed by atoms with Crippen LogP contribution in [0.25, 0.3) is 0 Å². The molecule has 0 atom stereocenters. The molecule has 7 nitrogen and oxygen atoms in total. The van der Waals surface area contributed by atoms with Crippen LogP contribution in [-0.2, 0) is 0 Å². The lowest BCUT2D eigenvalue weighted by atomic mass is 10.1. The van der Waals surface area contributed by atoms with Gasteiger partial charge in [0, 0.05) is 5.56 Å². The lowest BCUT2D eigenvalue weighted by molar-refractivity contribution is -0.386. The van der Waals surface area contributed by atoms with Crippen LogP contribution in [0.5, 0.6) is 11.6 Å². The van der Waals surface area contributed by atoms with Gasteiger partial charge in [0.2, 0.25) is 11.6 Å². The van der Waals surface area contributed by atoms with E-state index in [4.69, 9.17) is 10.5 Å². The molecule has 7 heteroatoms. The van der Waals surface area contributed by atoms with Crippen molar-refractivity contribution in [1.82, 2.24) is 9.97 Å². The van der Waals surface area contributed by atoms with Crippen LogP contribution in [0.1, 0.15) is 30.9 Å². The zero-order valence-electron chi connectivity index (χ0n) is 12.0. The third kappa shape index (κ3) is 2.91. The highest BCUT2D eigenvalue weighted by Gasteiger charge is 2.22. The average molecular weight is 288 g/mol. The highest BCUT2D eigenvalue weighted by molar-refractivity contribution is 5.55. The van der Waals surface area contributed by atoms with E-state index < -0.39 is 4.92 Å². The summed E-state index contributed by atoms with van der Waals surface area (Å²) in [5.41, 5.74) is 6.91. The maximum absolute atomic E-state index is 11.2. The second kappa shape index (κ2) is 5.74. The van der Waals surface area contributed by atoms with E-state index in [1.807, 2.05) is 13.8 Å². The second-order valence-corrected chi connectivity index (χ2v) is 4.91. The molecule has 110 valence electrons. The lowest BCUT2D eigenvalue weighted by Gasteiger charge is -2.14. The Balaban J connectivity index is 2.52. The molecule has 0 saturated carbocycles. The number of nitro groups is 1. The molecule has 0 unspecified atom stereocenters. The van der Waals surface area contributed by atoms with Gasteiger partial charge in [-0.1, -0.05) is 26.0 Å². The number of benzene rings is 1. The first kappa shape index (κ1) is 14.7. The van der Waals surface area contributed by atoms with Crippen LogP contribution >= 0.6 is 0 Å². The molecule has 1 aromatic carbocycles. The zero-order chi connectivity index (χ0) is 15.6. The monoisotopic (exact) mass is 288 g/mol. The first-order valence-electron chi connectivity index (χ1n) is 6.44. The van der Waals surface area contributed by atoms with Gasteiger partial charge in [0.1, 0.15) is 12.1 Å². The Labute approximate surface area is 121 Å². The molecule has 2 aromatic rings. The van der Waals surface area contributed by atoms with Crippen LogP contribution in [0.2, 0.25) is 0 Å². The molecule has 2 rings (SSSR count). The van der Waals surface area contributed by atoms with Crippen molar-refractivity contribution in [3.05, 3.63) is 45.8 Å². The van der Waals surface area contributed by atoms with E-state index >= 15 is 0 Å². The number of para-hydroxylation sites is 1. The molecule has 0 aliphatic rings. The molecular formula is C14H16N4O3. The first-order chi connectivity index (χ1) is 9.91. The van der Waals surface area contributed by atoms with Gasteiger partial charge in [-0.3, -0.25) is 10.1 Å². The fourth-order valence-corrected chi connectivity index (χ4v) is 2.07. The molecular weight excluding hydrogens is 272 g/mol. The Hall–Kier alpha value is -2.70. The maximum Gasteiger partial charge on any atom is 0.314 e. The second-order valence-electron chi connectivity index (χ2n) is 4.91. The van der Waals surface area contributed by atoms with Crippen molar-refractivity contribution in [2.75, 3.05) is 5.73 Å². The van der Waals surface area contributed by atoms with Gasteiger partial charge < -0.3 is 10.5 Å². The van der Waals surface area contributed by atoms with Crippen molar-refractivity contribution in [1.29, 1.82) is 0 Å². The topological polar surface area (TPSA) is 104 Å². The van der Waals surface area contributed by atoms with Gasteiger partial charge >= 0.3 is 5.69 Å². The molecule has 0 aliphatic carbocycles. The van der Waals surface area contributed by atoms with Crippen LogP contribution in [-0.4, -0.2) is 14.9 Å². The van der Waals surface area contributed by atoms with Crippen LogP contribution in [0, 0.1) is 17.0 Å². The average Bonchev–Trinajstić information content (AvgIpc) is 2.37. The van der Waals surface area contributed by atoms with Gasteiger partial charge in [-0.15, -0.1) is 0 Å². The van der Waals surface area contributed by atoms with Gasteiger partial charge in [-0.2, -0.15) is 0 Å². The number of aryl methyl sites for hydroxylation is 1. The highest BCUT2D eigenvalue weighted by Crippen LogP contribution is 2.37. The SMILES string of the molecule is Cc1cccc(Oc2ncnc(N)c2C(C)C)c1[N+](=O)[O-]. The summed E-state index contributed by atoms with van der Waals surface area (Å²) in [6.45, 7) is 5.50. The van der Waals surface area contributed by atoms with E-state index in [-0.39, 0.29) is 23.2 Å². The Kier molecular flexibility index (Phi) is 4.02. The molecule has 0 radical (unpaired) electrons. The van der Waals surface area contributed by atoms with Gasteiger partial charge in [-0.25, -0.2) is 9.97 Å². The highest BCUT2D eigenvalue weighted by atomic mass is 16.6. The fourth-order valence-electron chi connectivity index (χ4n) is 2.07. The number of hydrogen-bond acceptors (Lipinski definition) is 6. The number of ether oxygens (including phenoxy) is 1. The maximum atomic E-state index is 11.2. The summed E-state index contributed by atoms with van der Waals surface area (Å²) in [5.74, 6) is 0.724. The molecule has 0 aliphatic heterocycles. The van der Waals surface area contributed by atoms with Gasteiger partial charge in [-0.05, 0) is 18.9 Å². The Morgan fingerprint density at radius 3 is 2.67 bits per heavy atom. The van der Waals surface area contributed by atoms with Crippen molar-refractivity contribution in [2.24, 2.45) is 0 Å². The molecule has 0 bridgehead atoms. The van der Waals surface area contributed by atoms with Gasteiger partial charge in [0.05, 0.1) is 10.5 Å². The third-order valence-electron chi connectivity index (χ3n) is 3.05. The van der Waals surface area contributed by atoms with E-state index in [0.29, 0.717) is 16.9 Å². The number of nitrogens with zero attached hydrogens (tertiary/aromatic N) is 3. The van der Waals surface area contributed by atoms with Crippen LogP contribution < -0.4 is 10.5 Å². The number of anilines is 1. The Bertz CT molecular complexity index is 686. The lowest BCUT2D eigenvalue weighted by Crippen LogP contribution is -2.05. The number of nitro benzene ring substituents is 1. The van der Waals surface area contributed by atoms with Crippen LogP contribution in [0.15, 0.2) is 24.5 Å². The molecule has 2 N–H and O–H groups in total. The summed E-state index contributed by atoms with van der Waals surface area (Å²) in [5, 5.41) is 11.2. The van der Waals surface area contributed by atoms with Crippen molar-refractivity contribution in [2.45, 2.75) is 26.7 Å². The molecule has 0 spiro atoms. The minimum Gasteiger partial charge on any atom is -0.431 e. The standard InChI is InChI=1S/C14H16N4O3/c1-8(2)11-13(15)16-7-17-14(11)21-10-6-4-5-9(3)12(10)18(19)20/h4-8H,1-3H3,(H2,15,16,17). The number of rotatable bonds is 4. The third-order valence-corrected chi connectivity index (χ3v) is 3.05. The van der Waals surface area contributed by atoms with Crippen molar-refractivity contribution >= 4 is 11.5 Å². The smallest absolute Gasteiger partial charge is 0.314 e. The van der Waals surface area contributed by atoms with E-state index in [2.05, 4.69) is 9.97 Å². The normalized spacial score (nSPS) is 10.7. The van der Waals surface area contributed by atoms with E-state index in [1.165, 1.54) is 12.4 Å². The van der Waals surface area contributed by atoms with E-state index in [9.17, 15) is 10.1 Å². The molecule has 1 heterocycles. The van der Waals surface area contributed by atoms with Gasteiger partial charge in [0.25, 0.3) is 0 Å². The van der Waals surface area contributed by atoms with Crippen LogP contribution in [0.4, 0.5) is 11.5 Å². The minimum atomic E-state index is -0.468. The largest absolute Gasteiger partial charge is 0.431 e. The summed E-state index contributed by atoms with van der Waals surface area (Å²) < 4.78 is 5.65. The molecule has 1 aromatic heterocycles. The Morgan fingerprint density at radius 1 is 1.33 bits per heavy atom. The number of aromatic nitrogens is 2. The van der Waals surface area contributed by atoms with Crippen LogP contribution in [0.3, 0.4) is 0 Å². The first-order valence-corrected chi connectivity index (χ1v) is 6.44. The molecule has 0 amide bonds. The Morgan fingerprint density at radius 2 is 2.05 bits per heavy atom. The number of nitrogens with two attached hydrogens (primary N) is 1. The van der Waals surface area contributed by atoms with Crippen molar-refractivity contribution in [3.8, 4) is 11.6 Å². The minimum absolute atomic E-state index is 0.0325. The van der Waals surface area contributed by atoms with E-state index in [1.54, 1.807) is 19.1 Å². The van der Waals surface area contributed by atoms with E-state index in [0.717, 1.165) is 0 Å². The fraction of sp³-hybridized carbons (Fsp3) is 0.286. The number of nitrogen functional groups attached to an aromatic ring is 1. The summed E-state index contributed by atoms with van der Waals surface area (Å²) in [6, 6.07) is 4.88. The summed E-state index contributed by atoms with van der Waals surface area (Å²) in [6.07, 6.45) is 1.28.